The molecule has 0 saturated carbocycles. The summed E-state index contributed by atoms with van der Waals surface area (Å²) in [6.45, 7) is 15.7. The normalized spacial score (nSPS) is 14.0. The van der Waals surface area contributed by atoms with E-state index in [1.54, 1.807) is 0 Å². The molecule has 4 aromatic rings. The Bertz CT molecular complexity index is 1520. The number of fused-ring (bicyclic) bond motifs is 5. The third kappa shape index (κ3) is 6.08. The van der Waals surface area contributed by atoms with Gasteiger partial charge in [-0.05, 0) is 44.8 Å². The number of aromatic nitrogens is 1. The maximum atomic E-state index is 11.5. The van der Waals surface area contributed by atoms with Gasteiger partial charge in [-0.15, -0.1) is 35.9 Å². The molecule has 0 amide bonds. The average Bonchev–Trinajstić information content (AvgIpc) is 3.11. The molecule has 205 valence electrons. The molecular weight excluding hydrogens is 659 g/mol. The van der Waals surface area contributed by atoms with Gasteiger partial charge in [-0.3, -0.25) is 4.79 Å². The first-order valence-corrected chi connectivity index (χ1v) is 13.2. The first-order valence-electron chi connectivity index (χ1n) is 13.2. The van der Waals surface area contributed by atoms with Gasteiger partial charge in [0.15, 0.2) is 5.78 Å². The summed E-state index contributed by atoms with van der Waals surface area (Å²) in [5, 5.41) is 12.2. The molecule has 1 heterocycles. The van der Waals surface area contributed by atoms with Gasteiger partial charge in [-0.25, -0.2) is 0 Å². The van der Waals surface area contributed by atoms with Gasteiger partial charge in [0.2, 0.25) is 0 Å². The van der Waals surface area contributed by atoms with Crippen LogP contribution in [-0.4, -0.2) is 15.9 Å². The summed E-state index contributed by atoms with van der Waals surface area (Å²) in [6.07, 6.45) is 3.27. The van der Waals surface area contributed by atoms with Crippen molar-refractivity contribution in [3.8, 4) is 22.4 Å². The van der Waals surface area contributed by atoms with Gasteiger partial charge in [-0.2, -0.15) is 0 Å². The smallest absolute Gasteiger partial charge is 0.164 e. The molecule has 1 aromatic heterocycles. The molecule has 0 fully saturated rings. The summed E-state index contributed by atoms with van der Waals surface area (Å²) in [4.78, 5) is 16.2. The zero-order valence-corrected chi connectivity index (χ0v) is 26.5. The van der Waals surface area contributed by atoms with E-state index in [-0.39, 0.29) is 42.5 Å². The van der Waals surface area contributed by atoms with Gasteiger partial charge in [0.05, 0.1) is 0 Å². The average molecular weight is 697 g/mol. The molecule has 5 rings (SSSR count). The van der Waals surface area contributed by atoms with E-state index < -0.39 is 5.41 Å². The molecule has 0 aliphatic heterocycles. The van der Waals surface area contributed by atoms with Crippen LogP contribution in [0.4, 0.5) is 0 Å². The summed E-state index contributed by atoms with van der Waals surface area (Å²) in [7, 11) is 0. The summed E-state index contributed by atoms with van der Waals surface area (Å²) >= 11 is 0. The number of hydrogen-bond acceptors (Lipinski definition) is 3. The number of allylic oxidation sites excluding steroid dienone is 2. The van der Waals surface area contributed by atoms with E-state index in [1.165, 1.54) is 39.1 Å². The number of rotatable bonds is 2. The number of nitrogens with zero attached hydrogens (tertiary/aromatic N) is 1. The van der Waals surface area contributed by atoms with Gasteiger partial charge >= 0.3 is 0 Å². The Hall–Kier alpha value is -3.07. The zero-order chi connectivity index (χ0) is 27.9. The first-order chi connectivity index (χ1) is 17.7. The molecule has 3 aromatic carbocycles. The van der Waals surface area contributed by atoms with E-state index in [9.17, 15) is 9.90 Å². The molecule has 0 saturated heterocycles. The standard InChI is InChI=1S/C24H18N.C11H20O2.Ir/c1-24(2)20-13-12-16-8-6-7-11-18(16)21(20)19-14-15-25-23(22(19)24)17-9-4-3-5-10-17;1-10(2,3)8(12)7-9(13)11(4,5)6;/h3-9,11-15H,1-2H3;7,12H,1-6H3;/q-1;;/b;8-7-;. The van der Waals surface area contributed by atoms with Crippen LogP contribution in [0, 0.1) is 16.9 Å². The molecule has 39 heavy (non-hydrogen) atoms. The Morgan fingerprint density at radius 1 is 0.897 bits per heavy atom. The molecule has 1 aliphatic carbocycles. The number of hydrogen-bond donors (Lipinski definition) is 1. The van der Waals surface area contributed by atoms with E-state index in [1.807, 2.05) is 59.9 Å². The van der Waals surface area contributed by atoms with Crippen molar-refractivity contribution < 1.29 is 30.0 Å². The number of aliphatic hydroxyl groups excluding tert-OH is 1. The number of carbonyl (C=O) groups is 1. The molecule has 1 N–H and O–H groups in total. The van der Waals surface area contributed by atoms with E-state index in [2.05, 4.69) is 74.5 Å². The van der Waals surface area contributed by atoms with Crippen LogP contribution in [0.3, 0.4) is 0 Å². The second-order valence-corrected chi connectivity index (χ2v) is 12.6. The van der Waals surface area contributed by atoms with Crippen molar-refractivity contribution in [1.82, 2.24) is 4.98 Å². The monoisotopic (exact) mass is 697 g/mol. The number of aliphatic hydroxyl groups is 1. The Labute approximate surface area is 246 Å². The summed E-state index contributed by atoms with van der Waals surface area (Å²) < 4.78 is 0. The SMILES string of the molecule is CC(C)(C)C(=O)/C=C(\O)C(C)(C)C.CC1(C)c2ccc3ccccc3c2-c2ccnc(-c3[c-]cccc3)c21.[Ir]. The molecule has 1 aliphatic rings. The minimum absolute atomic E-state index is 0. The van der Waals surface area contributed by atoms with Crippen LogP contribution in [0.2, 0.25) is 0 Å². The first kappa shape index (κ1) is 30.5. The third-order valence-electron chi connectivity index (χ3n) is 7.19. The van der Waals surface area contributed by atoms with Gasteiger partial charge < -0.3 is 10.1 Å². The molecule has 0 bridgehead atoms. The predicted octanol–water partition coefficient (Wildman–Crippen LogP) is 9.10. The van der Waals surface area contributed by atoms with Crippen molar-refractivity contribution in [3.05, 3.63) is 102 Å². The van der Waals surface area contributed by atoms with Crippen LogP contribution in [0.25, 0.3) is 33.2 Å². The van der Waals surface area contributed by atoms with Crippen LogP contribution in [0.5, 0.6) is 0 Å². The number of ketones is 1. The van der Waals surface area contributed by atoms with Gasteiger partial charge in [-0.1, -0.05) is 91.8 Å². The largest absolute Gasteiger partial charge is 0.512 e. The number of pyridine rings is 1. The van der Waals surface area contributed by atoms with Crippen molar-refractivity contribution in [3.63, 3.8) is 0 Å². The van der Waals surface area contributed by atoms with E-state index in [4.69, 9.17) is 4.98 Å². The topological polar surface area (TPSA) is 50.2 Å². The van der Waals surface area contributed by atoms with E-state index in [0.29, 0.717) is 0 Å². The Morgan fingerprint density at radius 2 is 1.56 bits per heavy atom. The molecule has 0 unspecified atom stereocenters. The maximum absolute atomic E-state index is 11.5. The van der Waals surface area contributed by atoms with Crippen molar-refractivity contribution in [1.29, 1.82) is 0 Å². The van der Waals surface area contributed by atoms with E-state index in [0.717, 1.165) is 11.3 Å². The Balaban J connectivity index is 0.000000260. The second kappa shape index (κ2) is 11.2. The van der Waals surface area contributed by atoms with Crippen molar-refractivity contribution in [2.45, 2.75) is 60.8 Å². The van der Waals surface area contributed by atoms with Crippen molar-refractivity contribution >= 4 is 16.6 Å². The molecule has 0 spiro atoms. The summed E-state index contributed by atoms with van der Waals surface area (Å²) in [5.74, 6) is 0.104. The molecule has 0 atom stereocenters. The zero-order valence-electron chi connectivity index (χ0n) is 24.1. The molecule has 4 heteroatoms. The second-order valence-electron chi connectivity index (χ2n) is 12.6. The van der Waals surface area contributed by atoms with Crippen LogP contribution >= 0.6 is 0 Å². The van der Waals surface area contributed by atoms with Crippen molar-refractivity contribution in [2.24, 2.45) is 10.8 Å². The third-order valence-corrected chi connectivity index (χ3v) is 7.19. The van der Waals surface area contributed by atoms with Crippen LogP contribution < -0.4 is 0 Å². The number of carbonyl (C=O) groups excluding carboxylic acids is 1. The molecule has 1 radical (unpaired) electrons. The fraction of sp³-hybridized carbons (Fsp3) is 0.314. The minimum Gasteiger partial charge on any atom is -0.512 e. The summed E-state index contributed by atoms with van der Waals surface area (Å²) in [5.41, 5.74) is 6.61. The van der Waals surface area contributed by atoms with Crippen LogP contribution in [0.15, 0.2) is 84.8 Å². The summed E-state index contributed by atoms with van der Waals surface area (Å²) in [6, 6.07) is 26.8. The molecule has 3 nitrogen and oxygen atoms in total. The molecular formula is C35H38IrNO2-. The Kier molecular flexibility index (Phi) is 8.75. The van der Waals surface area contributed by atoms with Crippen LogP contribution in [-0.2, 0) is 30.3 Å². The van der Waals surface area contributed by atoms with Gasteiger partial charge in [0, 0.05) is 48.6 Å². The minimum atomic E-state index is -0.417. The predicted molar refractivity (Wildman–Crippen MR) is 158 cm³/mol. The fourth-order valence-corrected chi connectivity index (χ4v) is 4.82. The van der Waals surface area contributed by atoms with Gasteiger partial charge in [0.25, 0.3) is 0 Å². The quantitative estimate of drug-likeness (QED) is 0.129. The number of benzene rings is 3. The van der Waals surface area contributed by atoms with Crippen LogP contribution in [0.1, 0.15) is 66.5 Å². The van der Waals surface area contributed by atoms with Crippen molar-refractivity contribution in [2.75, 3.05) is 0 Å². The fourth-order valence-electron chi connectivity index (χ4n) is 4.82. The Morgan fingerprint density at radius 3 is 2.18 bits per heavy atom. The maximum Gasteiger partial charge on any atom is 0.164 e. The van der Waals surface area contributed by atoms with E-state index >= 15 is 0 Å². The van der Waals surface area contributed by atoms with Gasteiger partial charge in [0.1, 0.15) is 5.76 Å².